The average molecular weight is 564 g/mol. The molecule has 0 aliphatic carbocycles. The van der Waals surface area contributed by atoms with Crippen LogP contribution in [0, 0.1) is 11.8 Å². The molecule has 0 aromatic rings. The molecule has 2 aliphatic rings. The summed E-state index contributed by atoms with van der Waals surface area (Å²) in [5.41, 5.74) is 0. The van der Waals surface area contributed by atoms with Crippen LogP contribution in [0.2, 0.25) is 0 Å². The van der Waals surface area contributed by atoms with Crippen LogP contribution in [0.5, 0.6) is 0 Å². The van der Waals surface area contributed by atoms with Gasteiger partial charge in [-0.15, -0.1) is 0 Å². The van der Waals surface area contributed by atoms with Crippen molar-refractivity contribution in [2.75, 3.05) is 32.7 Å². The molecule has 17 heteroatoms. The van der Waals surface area contributed by atoms with Crippen LogP contribution >= 0.6 is 0 Å². The summed E-state index contributed by atoms with van der Waals surface area (Å²) in [6, 6.07) is -1.91. The molecule has 0 radical (unpaired) electrons. The van der Waals surface area contributed by atoms with Crippen LogP contribution in [0.25, 0.3) is 0 Å². The van der Waals surface area contributed by atoms with Crippen molar-refractivity contribution >= 4 is 29.7 Å². The highest BCUT2D eigenvalue weighted by atomic mass is 19.4. The van der Waals surface area contributed by atoms with Crippen LogP contribution in [-0.4, -0.2) is 95.9 Å². The number of carbonyl (C=O) groups excluding carboxylic acids is 3. The van der Waals surface area contributed by atoms with Crippen LogP contribution in [0.4, 0.5) is 26.3 Å². The van der Waals surface area contributed by atoms with E-state index in [0.717, 1.165) is 32.4 Å². The predicted molar refractivity (Wildman–Crippen MR) is 116 cm³/mol. The summed E-state index contributed by atoms with van der Waals surface area (Å²) in [5, 5.41) is 23.0. The van der Waals surface area contributed by atoms with Gasteiger partial charge in [-0.2, -0.15) is 26.3 Å². The maximum atomic E-state index is 12.5. The summed E-state index contributed by atoms with van der Waals surface area (Å²) < 4.78 is 68.7. The number of nitrogens with zero attached hydrogens (tertiary/aromatic N) is 1. The molecule has 2 aliphatic heterocycles. The second-order valence-electron chi connectivity index (χ2n) is 8.82. The summed E-state index contributed by atoms with van der Waals surface area (Å²) in [4.78, 5) is 57.5. The molecule has 38 heavy (non-hydrogen) atoms. The van der Waals surface area contributed by atoms with Gasteiger partial charge < -0.3 is 31.1 Å². The van der Waals surface area contributed by atoms with Crippen molar-refractivity contribution in [1.29, 1.82) is 0 Å². The molecule has 2 fully saturated rings. The number of hydrogen-bond donors (Lipinski definition) is 5. The molecule has 2 saturated heterocycles. The van der Waals surface area contributed by atoms with E-state index in [4.69, 9.17) is 15.0 Å². The quantitative estimate of drug-likeness (QED) is 0.271. The van der Waals surface area contributed by atoms with E-state index >= 15 is 0 Å². The van der Waals surface area contributed by atoms with Gasteiger partial charge in [0.2, 0.25) is 11.8 Å². The molecule has 218 valence electrons. The number of likely N-dealkylation sites (tertiary alicyclic amines) is 1. The zero-order valence-corrected chi connectivity index (χ0v) is 20.2. The van der Waals surface area contributed by atoms with E-state index in [0.29, 0.717) is 31.7 Å². The molecule has 0 saturated carbocycles. The average Bonchev–Trinajstić information content (AvgIpc) is 2.84. The zero-order chi connectivity index (χ0) is 29.1. The van der Waals surface area contributed by atoms with Gasteiger partial charge in [-0.3, -0.25) is 14.4 Å². The number of piperidine rings is 2. The number of nitrogens with one attached hydrogen (secondary N) is 3. The Morgan fingerprint density at radius 3 is 2.03 bits per heavy atom. The second kappa shape index (κ2) is 14.7. The number of carbonyl (C=O) groups is 5. The zero-order valence-electron chi connectivity index (χ0n) is 20.2. The molecular weight excluding hydrogens is 534 g/mol. The molecule has 2 atom stereocenters. The first-order valence-corrected chi connectivity index (χ1v) is 11.7. The monoisotopic (exact) mass is 564 g/mol. The van der Waals surface area contributed by atoms with E-state index in [2.05, 4.69) is 10.6 Å². The van der Waals surface area contributed by atoms with E-state index in [9.17, 15) is 45.5 Å². The van der Waals surface area contributed by atoms with Crippen LogP contribution < -0.4 is 16.0 Å². The number of hydrogen-bond acceptors (Lipinski definition) is 6. The van der Waals surface area contributed by atoms with Crippen LogP contribution in [0.3, 0.4) is 0 Å². The number of amides is 3. The lowest BCUT2D eigenvalue weighted by Crippen LogP contribution is -2.53. The Morgan fingerprint density at radius 2 is 1.53 bits per heavy atom. The summed E-state index contributed by atoms with van der Waals surface area (Å²) in [5.74, 6) is -7.50. The van der Waals surface area contributed by atoms with Gasteiger partial charge in [-0.05, 0) is 51.1 Å². The minimum absolute atomic E-state index is 0.0307. The normalized spacial score (nSPS) is 19.4. The lowest BCUT2D eigenvalue weighted by atomic mass is 9.92. The van der Waals surface area contributed by atoms with Gasteiger partial charge in [-0.1, -0.05) is 0 Å². The standard InChI is InChI=1S/C19H29F3N4O5.C2HF3O2/c20-19(21,22)18(31)25-14(17(29)30)10-24-16(28)13-2-1-9-26(11-13)15(27)4-3-12-5-7-23-8-6-12;3-2(4,5)1(6)7/h12-14,23H,1-11H2,(H,24,28)(H,25,31)(H,29,30);(H,6,7)/t13-,14+;/m1./s1. The number of halogens is 6. The Hall–Kier alpha value is -3.11. The molecular formula is C21H30F6N4O7. The van der Waals surface area contributed by atoms with Gasteiger partial charge in [-0.25, -0.2) is 9.59 Å². The van der Waals surface area contributed by atoms with E-state index in [1.165, 1.54) is 5.32 Å². The number of carboxylic acids is 2. The topological polar surface area (TPSA) is 165 Å². The summed E-state index contributed by atoms with van der Waals surface area (Å²) >= 11 is 0. The van der Waals surface area contributed by atoms with Gasteiger partial charge in [0.1, 0.15) is 6.04 Å². The highest BCUT2D eigenvalue weighted by Crippen LogP contribution is 2.22. The first-order valence-electron chi connectivity index (χ1n) is 11.7. The molecule has 0 spiro atoms. The number of alkyl halides is 6. The number of rotatable bonds is 8. The molecule has 11 nitrogen and oxygen atoms in total. The van der Waals surface area contributed by atoms with E-state index in [-0.39, 0.29) is 12.5 Å². The first kappa shape index (κ1) is 32.9. The van der Waals surface area contributed by atoms with E-state index < -0.39 is 54.6 Å². The highest BCUT2D eigenvalue weighted by molar-refractivity contribution is 5.88. The minimum atomic E-state index is -5.23. The number of aliphatic carboxylic acids is 2. The van der Waals surface area contributed by atoms with Crippen molar-refractivity contribution in [3.05, 3.63) is 0 Å². The maximum absolute atomic E-state index is 12.5. The smallest absolute Gasteiger partial charge is 0.480 e. The van der Waals surface area contributed by atoms with Gasteiger partial charge >= 0.3 is 30.2 Å². The molecule has 0 aromatic heterocycles. The first-order chi connectivity index (χ1) is 17.5. The Kier molecular flexibility index (Phi) is 12.8. The molecule has 0 aromatic carbocycles. The molecule has 2 heterocycles. The SMILES string of the molecule is O=C(NC[C@H](NC(=O)C(F)(F)F)C(=O)O)[C@@H]1CCCN(C(=O)CCC2CCNCC2)C1.O=C(O)C(F)(F)F. The highest BCUT2D eigenvalue weighted by Gasteiger charge is 2.41. The van der Waals surface area contributed by atoms with Gasteiger partial charge in [0.05, 0.1) is 5.92 Å². The van der Waals surface area contributed by atoms with Crippen molar-refractivity contribution < 1.29 is 60.5 Å². The van der Waals surface area contributed by atoms with E-state index in [1.54, 1.807) is 4.90 Å². The Morgan fingerprint density at radius 1 is 0.947 bits per heavy atom. The van der Waals surface area contributed by atoms with Crippen LogP contribution in [0.15, 0.2) is 0 Å². The van der Waals surface area contributed by atoms with Crippen molar-refractivity contribution in [2.24, 2.45) is 11.8 Å². The maximum Gasteiger partial charge on any atom is 0.490 e. The largest absolute Gasteiger partial charge is 0.490 e. The van der Waals surface area contributed by atoms with Crippen molar-refractivity contribution in [2.45, 2.75) is 56.9 Å². The number of carboxylic acid groups (broad SMARTS) is 2. The van der Waals surface area contributed by atoms with Crippen LogP contribution in [0.1, 0.15) is 38.5 Å². The third-order valence-electron chi connectivity index (χ3n) is 5.95. The Bertz CT molecular complexity index is 847. The van der Waals surface area contributed by atoms with Gasteiger partial charge in [0, 0.05) is 26.1 Å². The predicted octanol–water partition coefficient (Wildman–Crippen LogP) is 0.886. The van der Waals surface area contributed by atoms with Crippen molar-refractivity contribution in [3.8, 4) is 0 Å². The Labute approximate surface area is 213 Å². The second-order valence-corrected chi connectivity index (χ2v) is 8.82. The fourth-order valence-corrected chi connectivity index (χ4v) is 3.86. The van der Waals surface area contributed by atoms with Crippen molar-refractivity contribution in [3.63, 3.8) is 0 Å². The van der Waals surface area contributed by atoms with Crippen molar-refractivity contribution in [1.82, 2.24) is 20.9 Å². The lowest BCUT2D eigenvalue weighted by Gasteiger charge is -2.33. The third-order valence-corrected chi connectivity index (χ3v) is 5.95. The molecule has 2 rings (SSSR count). The van der Waals surface area contributed by atoms with Gasteiger partial charge in [0.15, 0.2) is 0 Å². The summed E-state index contributed by atoms with van der Waals surface area (Å²) in [6.45, 7) is 1.94. The van der Waals surface area contributed by atoms with Gasteiger partial charge in [0.25, 0.3) is 0 Å². The third kappa shape index (κ3) is 12.0. The molecule has 5 N–H and O–H groups in total. The van der Waals surface area contributed by atoms with E-state index in [1.807, 2.05) is 0 Å². The summed E-state index contributed by atoms with van der Waals surface area (Å²) in [6.07, 6.45) is -5.95. The fourth-order valence-electron chi connectivity index (χ4n) is 3.86. The Balaban J connectivity index is 0.000000905. The fraction of sp³-hybridized carbons (Fsp3) is 0.762. The molecule has 3 amide bonds. The van der Waals surface area contributed by atoms with Crippen LogP contribution in [-0.2, 0) is 24.0 Å². The molecule has 0 unspecified atom stereocenters. The minimum Gasteiger partial charge on any atom is -0.480 e. The summed E-state index contributed by atoms with van der Waals surface area (Å²) in [7, 11) is 0. The lowest BCUT2D eigenvalue weighted by molar-refractivity contribution is -0.192. The molecule has 0 bridgehead atoms.